The lowest BCUT2D eigenvalue weighted by Crippen LogP contribution is -2.43. The van der Waals surface area contributed by atoms with E-state index in [2.05, 4.69) is 16.2 Å². The number of amides is 3. The van der Waals surface area contributed by atoms with Gasteiger partial charge in [0.15, 0.2) is 6.61 Å². The maximum Gasteiger partial charge on any atom is 0.276 e. The molecule has 7 nitrogen and oxygen atoms in total. The lowest BCUT2D eigenvalue weighted by molar-refractivity contribution is -0.123. The zero-order valence-corrected chi connectivity index (χ0v) is 16.1. The van der Waals surface area contributed by atoms with Gasteiger partial charge in [-0.2, -0.15) is 0 Å². The number of rotatable bonds is 6. The molecule has 0 radical (unpaired) electrons. The average molecular weight is 422 g/mol. The predicted octanol–water partition coefficient (Wildman–Crippen LogP) is 3.18. The number of hydrogen-bond acceptors (Lipinski definition) is 4. The van der Waals surface area contributed by atoms with Gasteiger partial charge in [-0.1, -0.05) is 23.2 Å². The number of hydrogen-bond donors (Lipinski definition) is 3. The van der Waals surface area contributed by atoms with Crippen LogP contribution in [0, 0.1) is 5.92 Å². The van der Waals surface area contributed by atoms with Crippen LogP contribution in [0.2, 0.25) is 10.0 Å². The van der Waals surface area contributed by atoms with Gasteiger partial charge in [-0.25, -0.2) is 0 Å². The van der Waals surface area contributed by atoms with Gasteiger partial charge in [0.25, 0.3) is 11.8 Å². The van der Waals surface area contributed by atoms with E-state index in [1.54, 1.807) is 36.4 Å². The van der Waals surface area contributed by atoms with Crippen molar-refractivity contribution in [2.75, 3.05) is 11.9 Å². The molecule has 146 valence electrons. The lowest BCUT2D eigenvalue weighted by Gasteiger charge is -2.10. The van der Waals surface area contributed by atoms with E-state index in [1.165, 1.54) is 6.07 Å². The molecule has 3 rings (SSSR count). The third-order valence-corrected chi connectivity index (χ3v) is 4.46. The molecule has 0 saturated heterocycles. The van der Waals surface area contributed by atoms with Gasteiger partial charge >= 0.3 is 0 Å². The molecule has 2 aromatic carbocycles. The van der Waals surface area contributed by atoms with Crippen molar-refractivity contribution in [3.05, 3.63) is 58.1 Å². The third-order valence-electron chi connectivity index (χ3n) is 3.93. The van der Waals surface area contributed by atoms with Crippen molar-refractivity contribution in [1.82, 2.24) is 10.9 Å². The van der Waals surface area contributed by atoms with E-state index in [0.29, 0.717) is 22.0 Å². The van der Waals surface area contributed by atoms with E-state index in [0.717, 1.165) is 12.8 Å². The van der Waals surface area contributed by atoms with Gasteiger partial charge in [0.2, 0.25) is 5.91 Å². The zero-order chi connectivity index (χ0) is 20.1. The van der Waals surface area contributed by atoms with E-state index in [1.807, 2.05) is 0 Å². The standard InChI is InChI=1S/C19H17Cl2N3O4/c20-13-5-8-16(15(21)9-13)28-10-17(25)23-24-19(27)12-3-6-14(7-4-12)22-18(26)11-1-2-11/h3-9,11H,1-2,10H2,(H,22,26)(H,23,25)(H,24,27). The van der Waals surface area contributed by atoms with Crippen molar-refractivity contribution in [2.45, 2.75) is 12.8 Å². The Kier molecular flexibility index (Phi) is 6.38. The number of carbonyl (C=O) groups is 3. The SMILES string of the molecule is O=C(COc1ccc(Cl)cc1Cl)NNC(=O)c1ccc(NC(=O)C2CC2)cc1. The van der Waals surface area contributed by atoms with E-state index in [4.69, 9.17) is 27.9 Å². The van der Waals surface area contributed by atoms with Crippen molar-refractivity contribution in [3.8, 4) is 5.75 Å². The second-order valence-corrected chi connectivity index (χ2v) is 7.05. The summed E-state index contributed by atoms with van der Waals surface area (Å²) in [5.41, 5.74) is 5.48. The minimum atomic E-state index is -0.562. The highest BCUT2D eigenvalue weighted by Crippen LogP contribution is 2.30. The summed E-state index contributed by atoms with van der Waals surface area (Å²) in [6, 6.07) is 11.0. The Hall–Kier alpha value is -2.77. The summed E-state index contributed by atoms with van der Waals surface area (Å²) < 4.78 is 5.27. The molecule has 28 heavy (non-hydrogen) atoms. The molecule has 0 spiro atoms. The highest BCUT2D eigenvalue weighted by molar-refractivity contribution is 6.35. The van der Waals surface area contributed by atoms with Crippen molar-refractivity contribution in [1.29, 1.82) is 0 Å². The topological polar surface area (TPSA) is 96.5 Å². The number of hydrazine groups is 1. The number of benzene rings is 2. The number of carbonyl (C=O) groups excluding carboxylic acids is 3. The number of anilines is 1. The van der Waals surface area contributed by atoms with Gasteiger partial charge in [0, 0.05) is 22.2 Å². The van der Waals surface area contributed by atoms with Gasteiger partial charge in [0.1, 0.15) is 5.75 Å². The normalized spacial score (nSPS) is 12.8. The molecule has 0 aromatic heterocycles. The molecule has 1 aliphatic carbocycles. The first-order chi connectivity index (χ1) is 13.4. The summed E-state index contributed by atoms with van der Waals surface area (Å²) in [5.74, 6) is -0.671. The molecule has 0 unspecified atom stereocenters. The highest BCUT2D eigenvalue weighted by Gasteiger charge is 2.29. The predicted molar refractivity (Wildman–Crippen MR) is 105 cm³/mol. The summed E-state index contributed by atoms with van der Waals surface area (Å²) >= 11 is 11.7. The fourth-order valence-corrected chi connectivity index (χ4v) is 2.73. The molecule has 2 aromatic rings. The quantitative estimate of drug-likeness (QED) is 0.623. The lowest BCUT2D eigenvalue weighted by atomic mass is 10.2. The first kappa shape index (κ1) is 20.0. The minimum absolute atomic E-state index is 0.00902. The first-order valence-electron chi connectivity index (χ1n) is 8.50. The molecule has 3 amide bonds. The van der Waals surface area contributed by atoms with Crippen molar-refractivity contribution in [3.63, 3.8) is 0 Å². The highest BCUT2D eigenvalue weighted by atomic mass is 35.5. The Morgan fingerprint density at radius 2 is 1.71 bits per heavy atom. The number of nitrogens with one attached hydrogen (secondary N) is 3. The molecule has 0 atom stereocenters. The van der Waals surface area contributed by atoms with Crippen LogP contribution < -0.4 is 20.9 Å². The zero-order valence-electron chi connectivity index (χ0n) is 14.6. The van der Waals surface area contributed by atoms with Gasteiger partial charge < -0.3 is 10.1 Å². The summed E-state index contributed by atoms with van der Waals surface area (Å²) in [5, 5.41) is 3.51. The van der Waals surface area contributed by atoms with Gasteiger partial charge in [-0.15, -0.1) is 0 Å². The van der Waals surface area contributed by atoms with Crippen LogP contribution in [0.25, 0.3) is 0 Å². The molecule has 0 aliphatic heterocycles. The monoisotopic (exact) mass is 421 g/mol. The number of halogens is 2. The van der Waals surface area contributed by atoms with Crippen molar-refractivity contribution < 1.29 is 19.1 Å². The largest absolute Gasteiger partial charge is 0.482 e. The van der Waals surface area contributed by atoms with Crippen molar-refractivity contribution in [2.24, 2.45) is 5.92 Å². The fraction of sp³-hybridized carbons (Fsp3) is 0.211. The molecule has 0 bridgehead atoms. The molecular weight excluding hydrogens is 405 g/mol. The fourth-order valence-electron chi connectivity index (χ4n) is 2.27. The average Bonchev–Trinajstić information content (AvgIpc) is 3.51. The van der Waals surface area contributed by atoms with Crippen LogP contribution in [-0.2, 0) is 9.59 Å². The summed E-state index contributed by atoms with van der Waals surface area (Å²) in [6.45, 7) is -0.340. The van der Waals surface area contributed by atoms with Crippen LogP contribution in [0.3, 0.4) is 0 Å². The Morgan fingerprint density at radius 1 is 1.00 bits per heavy atom. The van der Waals surface area contributed by atoms with Crippen molar-refractivity contribution >= 4 is 46.6 Å². The van der Waals surface area contributed by atoms with Crippen LogP contribution in [0.5, 0.6) is 5.75 Å². The minimum Gasteiger partial charge on any atom is -0.482 e. The molecule has 1 fully saturated rings. The Bertz CT molecular complexity index is 899. The van der Waals surface area contributed by atoms with E-state index in [-0.39, 0.29) is 23.5 Å². The Balaban J connectivity index is 1.43. The van der Waals surface area contributed by atoms with E-state index < -0.39 is 11.8 Å². The molecular formula is C19H17Cl2N3O4. The Morgan fingerprint density at radius 3 is 2.36 bits per heavy atom. The summed E-state index contributed by atoms with van der Waals surface area (Å²) in [4.78, 5) is 35.6. The van der Waals surface area contributed by atoms with Gasteiger partial charge in [0.05, 0.1) is 5.02 Å². The smallest absolute Gasteiger partial charge is 0.276 e. The second kappa shape index (κ2) is 8.95. The maximum atomic E-state index is 12.1. The van der Waals surface area contributed by atoms with E-state index in [9.17, 15) is 14.4 Å². The van der Waals surface area contributed by atoms with Crippen LogP contribution in [0.4, 0.5) is 5.69 Å². The first-order valence-corrected chi connectivity index (χ1v) is 9.26. The second-order valence-electron chi connectivity index (χ2n) is 6.21. The number of ether oxygens (including phenoxy) is 1. The van der Waals surface area contributed by atoms with Crippen LogP contribution in [0.1, 0.15) is 23.2 Å². The molecule has 0 heterocycles. The van der Waals surface area contributed by atoms with Crippen LogP contribution in [0.15, 0.2) is 42.5 Å². The van der Waals surface area contributed by atoms with Gasteiger partial charge in [-0.05, 0) is 55.3 Å². The molecule has 9 heteroatoms. The van der Waals surface area contributed by atoms with Crippen LogP contribution in [-0.4, -0.2) is 24.3 Å². The maximum absolute atomic E-state index is 12.1. The third kappa shape index (κ3) is 5.61. The van der Waals surface area contributed by atoms with E-state index >= 15 is 0 Å². The Labute approximate surface area is 171 Å². The summed E-state index contributed by atoms with van der Waals surface area (Å²) in [6.07, 6.45) is 1.83. The molecule has 1 saturated carbocycles. The summed E-state index contributed by atoms with van der Waals surface area (Å²) in [7, 11) is 0. The van der Waals surface area contributed by atoms with Crippen LogP contribution >= 0.6 is 23.2 Å². The molecule has 1 aliphatic rings. The van der Waals surface area contributed by atoms with Gasteiger partial charge in [-0.3, -0.25) is 25.2 Å². The molecule has 3 N–H and O–H groups in total.